The average Bonchev–Trinajstić information content (AvgIpc) is 2.38. The van der Waals surface area contributed by atoms with Crippen molar-refractivity contribution >= 4 is 27.5 Å². The molecule has 1 unspecified atom stereocenters. The summed E-state index contributed by atoms with van der Waals surface area (Å²) in [6, 6.07) is 6.14. The van der Waals surface area contributed by atoms with Crippen LogP contribution in [0.3, 0.4) is 0 Å². The third-order valence-corrected chi connectivity index (χ3v) is 3.82. The molecule has 2 nitrogen and oxygen atoms in total. The topological polar surface area (TPSA) is 35.2 Å². The van der Waals surface area contributed by atoms with E-state index in [2.05, 4.69) is 22.9 Å². The Kier molecular flexibility index (Phi) is 6.76. The van der Waals surface area contributed by atoms with Gasteiger partial charge >= 0.3 is 0 Å². The summed E-state index contributed by atoms with van der Waals surface area (Å²) in [5.41, 5.74) is 9.68. The van der Waals surface area contributed by atoms with Crippen LogP contribution in [0.2, 0.25) is 0 Å². The fourth-order valence-electron chi connectivity index (χ4n) is 1.45. The lowest BCUT2D eigenvalue weighted by Crippen LogP contribution is -2.21. The number of hydrogen-bond acceptors (Lipinski definition) is 2. The van der Waals surface area contributed by atoms with Gasteiger partial charge in [0.05, 0.1) is 0 Å². The van der Waals surface area contributed by atoms with Crippen molar-refractivity contribution in [3.63, 3.8) is 0 Å². The first-order valence-corrected chi connectivity index (χ1v) is 7.22. The Morgan fingerprint density at radius 2 is 2.28 bits per heavy atom. The van der Waals surface area contributed by atoms with E-state index in [1.807, 2.05) is 25.1 Å². The van der Waals surface area contributed by atoms with E-state index in [-0.39, 0.29) is 6.04 Å². The Balaban J connectivity index is 2.74. The summed E-state index contributed by atoms with van der Waals surface area (Å²) >= 11 is 9.13. The van der Waals surface area contributed by atoms with E-state index in [1.165, 1.54) is 11.1 Å². The molecule has 2 N–H and O–H groups in total. The lowest BCUT2D eigenvalue weighted by Gasteiger charge is -2.13. The highest BCUT2D eigenvalue weighted by Crippen LogP contribution is 2.24. The number of hydrogen-bond donors (Lipinski definition) is 1. The average molecular weight is 333 g/mol. The van der Waals surface area contributed by atoms with E-state index in [1.54, 1.807) is 0 Å². The fraction of sp³-hybridized carbons (Fsp3) is 0.429. The molecule has 18 heavy (non-hydrogen) atoms. The van der Waals surface area contributed by atoms with Crippen LogP contribution in [0.1, 0.15) is 25.8 Å². The molecular formula is C14H19BrClNO. The summed E-state index contributed by atoms with van der Waals surface area (Å²) in [6.45, 7) is 4.53. The maximum atomic E-state index is 5.98. The van der Waals surface area contributed by atoms with E-state index in [0.29, 0.717) is 6.61 Å². The molecular weight excluding hydrogens is 314 g/mol. The van der Waals surface area contributed by atoms with Gasteiger partial charge in [0.2, 0.25) is 0 Å². The van der Waals surface area contributed by atoms with Crippen molar-refractivity contribution in [2.24, 2.45) is 5.73 Å². The Bertz CT molecular complexity index is 420. The van der Waals surface area contributed by atoms with Crippen LogP contribution in [0.15, 0.2) is 33.8 Å². The van der Waals surface area contributed by atoms with Crippen molar-refractivity contribution in [1.29, 1.82) is 0 Å². The lowest BCUT2D eigenvalue weighted by atomic mass is 10.0. The minimum absolute atomic E-state index is 0.182. The molecule has 100 valence electrons. The van der Waals surface area contributed by atoms with Gasteiger partial charge in [-0.25, -0.2) is 0 Å². The number of benzene rings is 1. The number of rotatable bonds is 6. The molecule has 0 saturated heterocycles. The van der Waals surface area contributed by atoms with Crippen LogP contribution in [0.5, 0.6) is 5.75 Å². The molecule has 0 saturated carbocycles. The van der Waals surface area contributed by atoms with Crippen LogP contribution < -0.4 is 10.5 Å². The van der Waals surface area contributed by atoms with Crippen molar-refractivity contribution in [3.8, 4) is 5.75 Å². The van der Waals surface area contributed by atoms with E-state index >= 15 is 0 Å². The largest absolute Gasteiger partial charge is 0.489 e. The van der Waals surface area contributed by atoms with Crippen molar-refractivity contribution in [2.75, 3.05) is 6.61 Å². The van der Waals surface area contributed by atoms with Gasteiger partial charge in [-0.3, -0.25) is 0 Å². The summed E-state index contributed by atoms with van der Waals surface area (Å²) in [7, 11) is 0. The highest BCUT2D eigenvalue weighted by Gasteiger charge is 2.07. The molecule has 1 atom stereocenters. The molecule has 0 radical (unpaired) electrons. The first-order valence-electron chi connectivity index (χ1n) is 5.99. The molecule has 0 aliphatic rings. The second kappa shape index (κ2) is 7.82. The number of nitrogens with two attached hydrogens (primary N) is 1. The lowest BCUT2D eigenvalue weighted by molar-refractivity contribution is 0.352. The molecule has 1 aromatic rings. The first kappa shape index (κ1) is 15.5. The Labute approximate surface area is 122 Å². The molecule has 0 aromatic heterocycles. The van der Waals surface area contributed by atoms with Crippen LogP contribution in [0, 0.1) is 0 Å². The highest BCUT2D eigenvalue weighted by atomic mass is 79.9. The summed E-state index contributed by atoms with van der Waals surface area (Å²) in [5.74, 6) is 0.842. The summed E-state index contributed by atoms with van der Waals surface area (Å²) < 4.78 is 6.73. The van der Waals surface area contributed by atoms with Crippen LogP contribution in [-0.4, -0.2) is 12.6 Å². The van der Waals surface area contributed by atoms with E-state index in [9.17, 15) is 0 Å². The van der Waals surface area contributed by atoms with Crippen LogP contribution in [0.4, 0.5) is 0 Å². The molecule has 1 aromatic carbocycles. The summed E-state index contributed by atoms with van der Waals surface area (Å²) in [5, 5.41) is 0. The minimum Gasteiger partial charge on any atom is -0.489 e. The summed E-state index contributed by atoms with van der Waals surface area (Å²) in [4.78, 5) is 0. The molecule has 0 amide bonds. The summed E-state index contributed by atoms with van der Waals surface area (Å²) in [6.07, 6.45) is 1.81. The van der Waals surface area contributed by atoms with E-state index < -0.39 is 0 Å². The van der Waals surface area contributed by atoms with Gasteiger partial charge in [0.25, 0.3) is 0 Å². The molecule has 0 aliphatic heterocycles. The third kappa shape index (κ3) is 5.01. The van der Waals surface area contributed by atoms with Gasteiger partial charge < -0.3 is 10.5 Å². The second-order valence-electron chi connectivity index (χ2n) is 4.37. The predicted octanol–water partition coefficient (Wildman–Crippen LogP) is 4.25. The highest BCUT2D eigenvalue weighted by molar-refractivity contribution is 9.10. The Morgan fingerprint density at radius 1 is 1.56 bits per heavy atom. The normalized spacial score (nSPS) is 13.5. The van der Waals surface area contributed by atoms with Gasteiger partial charge in [0.15, 0.2) is 0 Å². The maximum absolute atomic E-state index is 5.98. The van der Waals surface area contributed by atoms with Crippen LogP contribution in [0.25, 0.3) is 0 Å². The molecule has 0 fully saturated rings. The van der Waals surface area contributed by atoms with Gasteiger partial charge in [-0.2, -0.15) is 0 Å². The molecule has 1 rings (SSSR count). The zero-order valence-corrected chi connectivity index (χ0v) is 13.1. The minimum atomic E-state index is 0.182. The SMILES string of the molecule is CCC(N)Cc1cc(OC/C(C)=C/Cl)ccc1Br. The van der Waals surface area contributed by atoms with Crippen molar-refractivity contribution in [1.82, 2.24) is 0 Å². The zero-order valence-electron chi connectivity index (χ0n) is 10.7. The van der Waals surface area contributed by atoms with Crippen molar-refractivity contribution < 1.29 is 4.74 Å². The number of ether oxygens (including phenoxy) is 1. The molecule has 0 heterocycles. The number of halogens is 2. The first-order chi connectivity index (χ1) is 8.56. The molecule has 0 spiro atoms. The van der Waals surface area contributed by atoms with Gasteiger partial charge in [-0.1, -0.05) is 34.5 Å². The van der Waals surface area contributed by atoms with Gasteiger partial charge in [-0.05, 0) is 49.1 Å². The van der Waals surface area contributed by atoms with E-state index in [0.717, 1.165) is 28.6 Å². The zero-order chi connectivity index (χ0) is 13.5. The van der Waals surface area contributed by atoms with Crippen LogP contribution in [-0.2, 0) is 6.42 Å². The Hall–Kier alpha value is -0.510. The Morgan fingerprint density at radius 3 is 2.89 bits per heavy atom. The van der Waals surface area contributed by atoms with Gasteiger partial charge in [0.1, 0.15) is 12.4 Å². The van der Waals surface area contributed by atoms with E-state index in [4.69, 9.17) is 22.1 Å². The van der Waals surface area contributed by atoms with Gasteiger partial charge in [0, 0.05) is 16.0 Å². The van der Waals surface area contributed by atoms with Crippen molar-refractivity contribution in [2.45, 2.75) is 32.7 Å². The van der Waals surface area contributed by atoms with Crippen LogP contribution >= 0.6 is 27.5 Å². The molecule has 0 bridgehead atoms. The monoisotopic (exact) mass is 331 g/mol. The quantitative estimate of drug-likeness (QED) is 0.845. The molecule has 4 heteroatoms. The maximum Gasteiger partial charge on any atom is 0.120 e. The molecule has 0 aliphatic carbocycles. The fourth-order valence-corrected chi connectivity index (χ4v) is 1.92. The van der Waals surface area contributed by atoms with Gasteiger partial charge in [-0.15, -0.1) is 0 Å². The predicted molar refractivity (Wildman–Crippen MR) is 81.2 cm³/mol. The standard InChI is InChI=1S/C14H19BrClNO/c1-3-12(17)6-11-7-13(4-5-14(11)15)18-9-10(2)8-16/h4-5,7-8,12H,3,6,9,17H2,1-2H3/b10-8+. The van der Waals surface area contributed by atoms with Crippen molar-refractivity contribution in [3.05, 3.63) is 39.3 Å². The smallest absolute Gasteiger partial charge is 0.120 e. The second-order valence-corrected chi connectivity index (χ2v) is 5.44. The third-order valence-electron chi connectivity index (χ3n) is 2.68.